The summed E-state index contributed by atoms with van der Waals surface area (Å²) in [4.78, 5) is 0. The highest BCUT2D eigenvalue weighted by Gasteiger charge is 2.09. The number of nitrogens with one attached hydrogen (secondary N) is 1. The van der Waals surface area contributed by atoms with Crippen LogP contribution in [0.1, 0.15) is 33.6 Å². The van der Waals surface area contributed by atoms with Crippen molar-refractivity contribution in [2.75, 3.05) is 20.3 Å². The molecule has 0 rings (SSSR count). The van der Waals surface area contributed by atoms with E-state index in [9.17, 15) is 0 Å². The Kier molecular flexibility index (Phi) is 7.51. The first-order valence-corrected chi connectivity index (χ1v) is 4.94. The van der Waals surface area contributed by atoms with Crippen LogP contribution in [-0.2, 0) is 4.74 Å². The van der Waals surface area contributed by atoms with Crippen LogP contribution in [0.25, 0.3) is 0 Å². The van der Waals surface area contributed by atoms with Crippen LogP contribution in [0.2, 0.25) is 0 Å². The lowest BCUT2D eigenvalue weighted by atomic mass is 9.98. The van der Waals surface area contributed by atoms with E-state index in [-0.39, 0.29) is 0 Å². The molecule has 2 heteroatoms. The van der Waals surface area contributed by atoms with Gasteiger partial charge in [0.2, 0.25) is 0 Å². The molecule has 0 aliphatic rings. The molecule has 0 bridgehead atoms. The Hall–Kier alpha value is -0.0800. The van der Waals surface area contributed by atoms with E-state index in [2.05, 4.69) is 26.1 Å². The zero-order valence-corrected chi connectivity index (χ0v) is 8.89. The average Bonchev–Trinajstić information content (AvgIpc) is 2.05. The van der Waals surface area contributed by atoms with Crippen molar-refractivity contribution in [3.63, 3.8) is 0 Å². The highest BCUT2D eigenvalue weighted by molar-refractivity contribution is 4.67. The van der Waals surface area contributed by atoms with Gasteiger partial charge in [0.1, 0.15) is 0 Å². The van der Waals surface area contributed by atoms with Gasteiger partial charge in [0.15, 0.2) is 0 Å². The second-order valence-electron chi connectivity index (χ2n) is 3.50. The Morgan fingerprint density at radius 2 is 2.00 bits per heavy atom. The van der Waals surface area contributed by atoms with Crippen LogP contribution >= 0.6 is 0 Å². The molecule has 0 amide bonds. The van der Waals surface area contributed by atoms with E-state index < -0.39 is 0 Å². The molecule has 0 heterocycles. The molecule has 0 aromatic rings. The first-order valence-electron chi connectivity index (χ1n) is 4.94. The third kappa shape index (κ3) is 5.56. The van der Waals surface area contributed by atoms with Crippen molar-refractivity contribution in [3.8, 4) is 0 Å². The molecular weight excluding hydrogens is 150 g/mol. The molecule has 2 atom stereocenters. The molecule has 1 N–H and O–H groups in total. The van der Waals surface area contributed by atoms with E-state index in [0.29, 0.717) is 6.04 Å². The molecular formula is C10H23NO. The second kappa shape index (κ2) is 7.56. The molecule has 0 aliphatic heterocycles. The monoisotopic (exact) mass is 173 g/mol. The second-order valence-corrected chi connectivity index (χ2v) is 3.50. The van der Waals surface area contributed by atoms with Crippen molar-refractivity contribution in [2.45, 2.75) is 39.7 Å². The summed E-state index contributed by atoms with van der Waals surface area (Å²) in [5.41, 5.74) is 0. The van der Waals surface area contributed by atoms with Crippen LogP contribution < -0.4 is 5.32 Å². The Morgan fingerprint density at radius 3 is 2.50 bits per heavy atom. The zero-order valence-electron chi connectivity index (χ0n) is 8.89. The van der Waals surface area contributed by atoms with E-state index in [0.717, 1.165) is 19.1 Å². The third-order valence-corrected chi connectivity index (χ3v) is 2.37. The fourth-order valence-corrected chi connectivity index (χ4v) is 1.30. The highest BCUT2D eigenvalue weighted by Crippen LogP contribution is 2.09. The van der Waals surface area contributed by atoms with Crippen LogP contribution in [0.3, 0.4) is 0 Å². The number of methoxy groups -OCH3 is 1. The summed E-state index contributed by atoms with van der Waals surface area (Å²) in [6.45, 7) is 8.55. The van der Waals surface area contributed by atoms with Crippen molar-refractivity contribution in [1.82, 2.24) is 5.32 Å². The van der Waals surface area contributed by atoms with Gasteiger partial charge in [-0.15, -0.1) is 0 Å². The molecule has 0 spiro atoms. The largest absolute Gasteiger partial charge is 0.383 e. The first kappa shape index (κ1) is 11.9. The SMILES string of the molecule is CCCC(C)C(C)NCCOC. The van der Waals surface area contributed by atoms with Gasteiger partial charge in [-0.1, -0.05) is 20.3 Å². The van der Waals surface area contributed by atoms with Crippen molar-refractivity contribution >= 4 is 0 Å². The van der Waals surface area contributed by atoms with E-state index in [1.54, 1.807) is 7.11 Å². The lowest BCUT2D eigenvalue weighted by Gasteiger charge is -2.20. The highest BCUT2D eigenvalue weighted by atomic mass is 16.5. The fourth-order valence-electron chi connectivity index (χ4n) is 1.30. The van der Waals surface area contributed by atoms with Gasteiger partial charge >= 0.3 is 0 Å². The van der Waals surface area contributed by atoms with Gasteiger partial charge in [-0.05, 0) is 19.3 Å². The normalized spacial score (nSPS) is 16.0. The van der Waals surface area contributed by atoms with Crippen LogP contribution in [0, 0.1) is 5.92 Å². The maximum Gasteiger partial charge on any atom is 0.0587 e. The van der Waals surface area contributed by atoms with Crippen LogP contribution in [0.5, 0.6) is 0 Å². The molecule has 0 saturated carbocycles. The minimum absolute atomic E-state index is 0.611. The summed E-state index contributed by atoms with van der Waals surface area (Å²) >= 11 is 0. The van der Waals surface area contributed by atoms with Gasteiger partial charge in [-0.3, -0.25) is 0 Å². The van der Waals surface area contributed by atoms with Crippen LogP contribution in [0.15, 0.2) is 0 Å². The maximum atomic E-state index is 4.97. The van der Waals surface area contributed by atoms with E-state index in [4.69, 9.17) is 4.74 Å². The quantitative estimate of drug-likeness (QED) is 0.595. The van der Waals surface area contributed by atoms with E-state index in [1.165, 1.54) is 12.8 Å². The predicted molar refractivity (Wildman–Crippen MR) is 53.4 cm³/mol. The van der Waals surface area contributed by atoms with Crippen LogP contribution in [0.4, 0.5) is 0 Å². The third-order valence-electron chi connectivity index (χ3n) is 2.37. The van der Waals surface area contributed by atoms with Crippen LogP contribution in [-0.4, -0.2) is 26.3 Å². The number of hydrogen-bond donors (Lipinski definition) is 1. The minimum atomic E-state index is 0.611. The van der Waals surface area contributed by atoms with Crippen molar-refractivity contribution in [3.05, 3.63) is 0 Å². The van der Waals surface area contributed by atoms with Gasteiger partial charge in [0.05, 0.1) is 6.61 Å². The summed E-state index contributed by atoms with van der Waals surface area (Å²) in [6.07, 6.45) is 2.58. The number of hydrogen-bond acceptors (Lipinski definition) is 2. The lowest BCUT2D eigenvalue weighted by molar-refractivity contribution is 0.192. The van der Waals surface area contributed by atoms with Gasteiger partial charge in [0.25, 0.3) is 0 Å². The Balaban J connectivity index is 3.35. The van der Waals surface area contributed by atoms with E-state index in [1.807, 2.05) is 0 Å². The van der Waals surface area contributed by atoms with Gasteiger partial charge < -0.3 is 10.1 Å². The Labute approximate surface area is 76.7 Å². The maximum absolute atomic E-state index is 4.97. The van der Waals surface area contributed by atoms with Gasteiger partial charge in [0, 0.05) is 19.7 Å². The molecule has 0 aromatic carbocycles. The first-order chi connectivity index (χ1) is 5.72. The van der Waals surface area contributed by atoms with Gasteiger partial charge in [-0.2, -0.15) is 0 Å². The van der Waals surface area contributed by atoms with Crippen molar-refractivity contribution in [2.24, 2.45) is 5.92 Å². The zero-order chi connectivity index (χ0) is 9.40. The van der Waals surface area contributed by atoms with Gasteiger partial charge in [-0.25, -0.2) is 0 Å². The average molecular weight is 173 g/mol. The molecule has 0 saturated heterocycles. The molecule has 0 aliphatic carbocycles. The molecule has 12 heavy (non-hydrogen) atoms. The Bertz CT molecular complexity index is 95.8. The summed E-state index contributed by atoms with van der Waals surface area (Å²) in [6, 6.07) is 0.611. The van der Waals surface area contributed by atoms with Crippen molar-refractivity contribution in [1.29, 1.82) is 0 Å². The molecule has 2 unspecified atom stereocenters. The lowest BCUT2D eigenvalue weighted by Crippen LogP contribution is -2.34. The summed E-state index contributed by atoms with van der Waals surface area (Å²) in [5, 5.41) is 3.44. The fraction of sp³-hybridized carbons (Fsp3) is 1.00. The molecule has 2 nitrogen and oxygen atoms in total. The Morgan fingerprint density at radius 1 is 1.33 bits per heavy atom. The smallest absolute Gasteiger partial charge is 0.0587 e. The number of ether oxygens (including phenoxy) is 1. The topological polar surface area (TPSA) is 21.3 Å². The molecule has 0 aromatic heterocycles. The molecule has 0 radical (unpaired) electrons. The standard InChI is InChI=1S/C10H23NO/c1-5-6-9(2)10(3)11-7-8-12-4/h9-11H,5-8H2,1-4H3. The summed E-state index contributed by atoms with van der Waals surface area (Å²) in [5.74, 6) is 0.770. The summed E-state index contributed by atoms with van der Waals surface area (Å²) in [7, 11) is 1.74. The van der Waals surface area contributed by atoms with E-state index >= 15 is 0 Å². The molecule has 0 fully saturated rings. The number of rotatable bonds is 7. The molecule has 74 valence electrons. The minimum Gasteiger partial charge on any atom is -0.383 e. The predicted octanol–water partition coefficient (Wildman–Crippen LogP) is 2.05. The summed E-state index contributed by atoms with van der Waals surface area (Å²) < 4.78 is 4.97. The van der Waals surface area contributed by atoms with Crippen molar-refractivity contribution < 1.29 is 4.74 Å².